The lowest BCUT2D eigenvalue weighted by molar-refractivity contribution is 0.0385. The normalized spacial score (nSPS) is 16.8. The minimum Gasteiger partial charge on any atom is -0.376 e. The fourth-order valence-corrected chi connectivity index (χ4v) is 7.79. The second-order valence-corrected chi connectivity index (χ2v) is 14.8. The first-order valence-corrected chi connectivity index (χ1v) is 17.5. The minimum absolute atomic E-state index is 0.0551. The van der Waals surface area contributed by atoms with Gasteiger partial charge in [-0.2, -0.15) is 0 Å². The fourth-order valence-electron chi connectivity index (χ4n) is 7.79. The van der Waals surface area contributed by atoms with Crippen molar-refractivity contribution in [3.63, 3.8) is 0 Å². The summed E-state index contributed by atoms with van der Waals surface area (Å²) < 4.78 is 41.9. The van der Waals surface area contributed by atoms with E-state index < -0.39 is 0 Å². The lowest BCUT2D eigenvalue weighted by atomic mass is 9.62. The number of aryl methyl sites for hydroxylation is 4. The SMILES string of the molecule is Cc1cccc(C)c1C(CNC1(C(COCc2ccccc2F)c2c(C)cccc2C)CCC(C)(C)CC1)COCc1ccccc1F. The Morgan fingerprint density at radius 1 is 0.604 bits per heavy atom. The Labute approximate surface area is 287 Å². The molecule has 0 aliphatic heterocycles. The molecular formula is C43H53F2NO2. The molecule has 4 aromatic carbocycles. The molecule has 0 saturated heterocycles. The van der Waals surface area contributed by atoms with Gasteiger partial charge < -0.3 is 14.8 Å². The molecule has 0 spiro atoms. The van der Waals surface area contributed by atoms with Gasteiger partial charge in [0.2, 0.25) is 0 Å². The van der Waals surface area contributed by atoms with Crippen LogP contribution in [0.3, 0.4) is 0 Å². The molecule has 1 aliphatic rings. The van der Waals surface area contributed by atoms with E-state index in [0.29, 0.717) is 30.9 Å². The van der Waals surface area contributed by atoms with Crippen molar-refractivity contribution in [3.8, 4) is 0 Å². The fraction of sp³-hybridized carbons (Fsp3) is 0.442. The second kappa shape index (κ2) is 15.9. The van der Waals surface area contributed by atoms with Gasteiger partial charge in [-0.1, -0.05) is 86.6 Å². The summed E-state index contributed by atoms with van der Waals surface area (Å²) in [6.45, 7) is 15.6. The molecule has 256 valence electrons. The Morgan fingerprint density at radius 3 is 1.56 bits per heavy atom. The molecule has 1 fully saturated rings. The van der Waals surface area contributed by atoms with Crippen LogP contribution in [0, 0.1) is 44.7 Å². The quantitative estimate of drug-likeness (QED) is 0.147. The smallest absolute Gasteiger partial charge is 0.128 e. The maximum atomic E-state index is 14.6. The van der Waals surface area contributed by atoms with Crippen molar-refractivity contribution in [3.05, 3.63) is 141 Å². The Hall–Kier alpha value is -3.38. The lowest BCUT2D eigenvalue weighted by Crippen LogP contribution is -2.56. The van der Waals surface area contributed by atoms with Gasteiger partial charge in [-0.25, -0.2) is 8.78 Å². The molecule has 0 bridgehead atoms. The van der Waals surface area contributed by atoms with Crippen LogP contribution < -0.4 is 5.32 Å². The van der Waals surface area contributed by atoms with E-state index in [1.165, 1.54) is 45.5 Å². The van der Waals surface area contributed by atoms with Gasteiger partial charge in [0.05, 0.1) is 26.4 Å². The summed E-state index contributed by atoms with van der Waals surface area (Å²) in [4.78, 5) is 0. The van der Waals surface area contributed by atoms with Crippen LogP contribution in [-0.2, 0) is 22.7 Å². The first-order chi connectivity index (χ1) is 23.0. The minimum atomic E-state index is -0.248. The molecule has 3 nitrogen and oxygen atoms in total. The zero-order chi connectivity index (χ0) is 34.3. The molecule has 4 aromatic rings. The van der Waals surface area contributed by atoms with Crippen LogP contribution in [0.25, 0.3) is 0 Å². The molecule has 0 heterocycles. The molecule has 1 aliphatic carbocycles. The van der Waals surface area contributed by atoms with Gasteiger partial charge >= 0.3 is 0 Å². The zero-order valence-corrected chi connectivity index (χ0v) is 29.7. The maximum Gasteiger partial charge on any atom is 0.128 e. The number of rotatable bonds is 14. The highest BCUT2D eigenvalue weighted by Crippen LogP contribution is 2.48. The number of benzene rings is 4. The standard InChI is InChI=1S/C43H53F2NO2/c1-30-13-11-14-31(2)40(30)36(28-47-26-34-17-7-9-19-38(34)44)25-46-43(23-21-42(5,6)22-24-43)37(41-32(3)15-12-16-33(41)4)29-48-27-35-18-8-10-20-39(35)45/h7-20,36-37,46H,21-29H2,1-6H3. The summed E-state index contributed by atoms with van der Waals surface area (Å²) in [7, 11) is 0. The first kappa shape index (κ1) is 35.9. The molecular weight excluding hydrogens is 600 g/mol. The Kier molecular flexibility index (Phi) is 11.9. The van der Waals surface area contributed by atoms with E-state index in [1.807, 2.05) is 12.1 Å². The van der Waals surface area contributed by atoms with E-state index in [1.54, 1.807) is 24.3 Å². The third kappa shape index (κ3) is 8.61. The molecule has 2 unspecified atom stereocenters. The van der Waals surface area contributed by atoms with Gasteiger partial charge in [0.25, 0.3) is 0 Å². The highest BCUT2D eigenvalue weighted by atomic mass is 19.1. The molecule has 1 N–H and O–H groups in total. The first-order valence-electron chi connectivity index (χ1n) is 17.5. The third-order valence-corrected chi connectivity index (χ3v) is 10.7. The van der Waals surface area contributed by atoms with Gasteiger partial charge in [0.15, 0.2) is 0 Å². The number of nitrogens with one attached hydrogen (secondary N) is 1. The highest BCUT2D eigenvalue weighted by Gasteiger charge is 2.45. The van der Waals surface area contributed by atoms with Crippen LogP contribution in [0.5, 0.6) is 0 Å². The predicted octanol–water partition coefficient (Wildman–Crippen LogP) is 10.4. The van der Waals surface area contributed by atoms with E-state index in [2.05, 4.69) is 83.3 Å². The molecule has 0 aromatic heterocycles. The van der Waals surface area contributed by atoms with Crippen molar-refractivity contribution in [1.82, 2.24) is 5.32 Å². The zero-order valence-electron chi connectivity index (χ0n) is 29.7. The van der Waals surface area contributed by atoms with Crippen LogP contribution in [-0.4, -0.2) is 25.3 Å². The molecule has 48 heavy (non-hydrogen) atoms. The largest absolute Gasteiger partial charge is 0.376 e. The third-order valence-electron chi connectivity index (χ3n) is 10.7. The van der Waals surface area contributed by atoms with Crippen molar-refractivity contribution < 1.29 is 18.3 Å². The Balaban J connectivity index is 1.48. The van der Waals surface area contributed by atoms with E-state index in [9.17, 15) is 8.78 Å². The van der Waals surface area contributed by atoms with Crippen LogP contribution in [0.4, 0.5) is 8.78 Å². The predicted molar refractivity (Wildman–Crippen MR) is 192 cm³/mol. The monoisotopic (exact) mass is 653 g/mol. The van der Waals surface area contributed by atoms with Crippen molar-refractivity contribution >= 4 is 0 Å². The summed E-state index contributed by atoms with van der Waals surface area (Å²) >= 11 is 0. The summed E-state index contributed by atoms with van der Waals surface area (Å²) in [6.07, 6.45) is 4.17. The van der Waals surface area contributed by atoms with Crippen molar-refractivity contribution in [2.45, 2.75) is 97.8 Å². The van der Waals surface area contributed by atoms with Crippen LogP contribution in [0.15, 0.2) is 84.9 Å². The molecule has 0 radical (unpaired) electrons. The molecule has 0 amide bonds. The number of hydrogen-bond acceptors (Lipinski definition) is 3. The molecule has 2 atom stereocenters. The van der Waals surface area contributed by atoms with E-state index in [-0.39, 0.29) is 47.6 Å². The summed E-state index contributed by atoms with van der Waals surface area (Å²) in [5, 5.41) is 4.19. The maximum absolute atomic E-state index is 14.6. The highest BCUT2D eigenvalue weighted by molar-refractivity contribution is 5.40. The molecule has 1 saturated carbocycles. The Bertz CT molecular complexity index is 1610. The van der Waals surface area contributed by atoms with Crippen LogP contribution in [0.1, 0.15) is 95.9 Å². The van der Waals surface area contributed by atoms with Gasteiger partial charge in [-0.3, -0.25) is 0 Å². The van der Waals surface area contributed by atoms with Crippen LogP contribution >= 0.6 is 0 Å². The molecule has 5 rings (SSSR count). The average Bonchev–Trinajstić information content (AvgIpc) is 3.05. The van der Waals surface area contributed by atoms with E-state index >= 15 is 0 Å². The van der Waals surface area contributed by atoms with Gasteiger partial charge in [-0.05, 0) is 104 Å². The van der Waals surface area contributed by atoms with Crippen LogP contribution in [0.2, 0.25) is 0 Å². The van der Waals surface area contributed by atoms with Crippen molar-refractivity contribution in [2.24, 2.45) is 5.41 Å². The molecule has 5 heteroatoms. The van der Waals surface area contributed by atoms with Gasteiger partial charge in [0, 0.05) is 35.0 Å². The van der Waals surface area contributed by atoms with Crippen molar-refractivity contribution in [1.29, 1.82) is 0 Å². The Morgan fingerprint density at radius 2 is 1.06 bits per heavy atom. The van der Waals surface area contributed by atoms with E-state index in [0.717, 1.165) is 25.7 Å². The summed E-state index contributed by atoms with van der Waals surface area (Å²) in [5.41, 5.74) is 8.71. The van der Waals surface area contributed by atoms with Crippen molar-refractivity contribution in [2.75, 3.05) is 19.8 Å². The van der Waals surface area contributed by atoms with Gasteiger partial charge in [0.1, 0.15) is 11.6 Å². The van der Waals surface area contributed by atoms with E-state index in [4.69, 9.17) is 9.47 Å². The lowest BCUT2D eigenvalue weighted by Gasteiger charge is -2.50. The summed E-state index contributed by atoms with van der Waals surface area (Å²) in [6, 6.07) is 26.7. The summed E-state index contributed by atoms with van der Waals surface area (Å²) in [5.74, 6) is -0.364. The average molecular weight is 654 g/mol. The topological polar surface area (TPSA) is 30.5 Å². The van der Waals surface area contributed by atoms with Gasteiger partial charge in [-0.15, -0.1) is 0 Å². The number of hydrogen-bond donors (Lipinski definition) is 1. The number of ether oxygens (including phenoxy) is 2. The number of halogens is 2. The second-order valence-electron chi connectivity index (χ2n) is 14.8.